The quantitative estimate of drug-likeness (QED) is 0.803. The molecular formula is C15H21N3O3. The number of ether oxygens (including phenoxy) is 1. The highest BCUT2D eigenvalue weighted by Crippen LogP contribution is 2.14. The van der Waals surface area contributed by atoms with Gasteiger partial charge in [0.15, 0.2) is 0 Å². The number of rotatable bonds is 4. The standard InChI is InChI=1S/C15H21N3O3/c1-17-14(19)13-10-21-8-7-18(13)15(20)12-4-2-3-11(9-12)5-6-16/h2-4,9,13H,5-8,10,16H2,1H3,(H,17,19). The smallest absolute Gasteiger partial charge is 0.254 e. The molecule has 6 nitrogen and oxygen atoms in total. The summed E-state index contributed by atoms with van der Waals surface area (Å²) in [6, 6.07) is 6.81. The number of hydrogen-bond acceptors (Lipinski definition) is 4. The first-order chi connectivity index (χ1) is 10.2. The lowest BCUT2D eigenvalue weighted by Gasteiger charge is -2.34. The van der Waals surface area contributed by atoms with Gasteiger partial charge >= 0.3 is 0 Å². The zero-order chi connectivity index (χ0) is 15.2. The second-order valence-electron chi connectivity index (χ2n) is 4.94. The van der Waals surface area contributed by atoms with Crippen LogP contribution in [0.4, 0.5) is 0 Å². The molecule has 114 valence electrons. The van der Waals surface area contributed by atoms with E-state index in [-0.39, 0.29) is 18.4 Å². The van der Waals surface area contributed by atoms with Gasteiger partial charge in [-0.1, -0.05) is 12.1 Å². The molecule has 1 unspecified atom stereocenters. The third kappa shape index (κ3) is 3.59. The Bertz CT molecular complexity index is 519. The van der Waals surface area contributed by atoms with Crippen LogP contribution in [0, 0.1) is 0 Å². The van der Waals surface area contributed by atoms with E-state index in [1.807, 2.05) is 18.2 Å². The van der Waals surface area contributed by atoms with E-state index < -0.39 is 6.04 Å². The summed E-state index contributed by atoms with van der Waals surface area (Å²) in [5.74, 6) is -0.355. The first-order valence-corrected chi connectivity index (χ1v) is 7.06. The molecule has 2 amide bonds. The number of benzene rings is 1. The first kappa shape index (κ1) is 15.5. The summed E-state index contributed by atoms with van der Waals surface area (Å²) in [5.41, 5.74) is 7.15. The highest BCUT2D eigenvalue weighted by atomic mass is 16.5. The molecule has 1 saturated heterocycles. The molecular weight excluding hydrogens is 270 g/mol. The van der Waals surface area contributed by atoms with Crippen LogP contribution < -0.4 is 11.1 Å². The van der Waals surface area contributed by atoms with Crippen LogP contribution in [0.2, 0.25) is 0 Å². The van der Waals surface area contributed by atoms with Gasteiger partial charge < -0.3 is 20.7 Å². The fourth-order valence-corrected chi connectivity index (χ4v) is 2.42. The molecule has 0 aliphatic carbocycles. The lowest BCUT2D eigenvalue weighted by molar-refractivity contribution is -0.130. The maximum atomic E-state index is 12.6. The predicted molar refractivity (Wildman–Crippen MR) is 78.9 cm³/mol. The highest BCUT2D eigenvalue weighted by Gasteiger charge is 2.32. The molecule has 6 heteroatoms. The Morgan fingerprint density at radius 2 is 2.29 bits per heavy atom. The molecule has 3 N–H and O–H groups in total. The minimum absolute atomic E-state index is 0.147. The SMILES string of the molecule is CNC(=O)C1COCCN1C(=O)c1cccc(CCN)c1. The fraction of sp³-hybridized carbons (Fsp3) is 0.467. The Balaban J connectivity index is 2.20. The second-order valence-corrected chi connectivity index (χ2v) is 4.94. The van der Waals surface area contributed by atoms with Gasteiger partial charge in [0.05, 0.1) is 13.2 Å². The average Bonchev–Trinajstić information content (AvgIpc) is 2.54. The Labute approximate surface area is 124 Å². The molecule has 0 spiro atoms. The van der Waals surface area contributed by atoms with Crippen LogP contribution in [0.1, 0.15) is 15.9 Å². The van der Waals surface area contributed by atoms with Gasteiger partial charge in [-0.05, 0) is 30.7 Å². The van der Waals surface area contributed by atoms with Crippen molar-refractivity contribution in [1.29, 1.82) is 0 Å². The lowest BCUT2D eigenvalue weighted by atomic mass is 10.1. The molecule has 1 aromatic rings. The molecule has 1 aliphatic heterocycles. The molecule has 1 atom stereocenters. The zero-order valence-electron chi connectivity index (χ0n) is 12.2. The van der Waals surface area contributed by atoms with Gasteiger partial charge in [0.2, 0.25) is 5.91 Å². The molecule has 1 aliphatic rings. The van der Waals surface area contributed by atoms with E-state index in [1.165, 1.54) is 0 Å². The van der Waals surface area contributed by atoms with Crippen LogP contribution in [0.25, 0.3) is 0 Å². The Morgan fingerprint density at radius 1 is 1.48 bits per heavy atom. The summed E-state index contributed by atoms with van der Waals surface area (Å²) in [4.78, 5) is 26.1. The summed E-state index contributed by atoms with van der Waals surface area (Å²) < 4.78 is 5.31. The summed E-state index contributed by atoms with van der Waals surface area (Å²) in [6.45, 7) is 1.63. The van der Waals surface area contributed by atoms with E-state index in [4.69, 9.17) is 10.5 Å². The minimum atomic E-state index is -0.575. The van der Waals surface area contributed by atoms with Crippen LogP contribution in [-0.2, 0) is 16.0 Å². The summed E-state index contributed by atoms with van der Waals surface area (Å²) in [7, 11) is 1.56. The second kappa shape index (κ2) is 7.19. The number of hydrogen-bond donors (Lipinski definition) is 2. The van der Waals surface area contributed by atoms with Gasteiger partial charge in [0.25, 0.3) is 5.91 Å². The molecule has 1 fully saturated rings. The summed E-state index contributed by atoms with van der Waals surface area (Å²) >= 11 is 0. The van der Waals surface area contributed by atoms with Gasteiger partial charge in [-0.15, -0.1) is 0 Å². The van der Waals surface area contributed by atoms with Crippen LogP contribution in [-0.4, -0.2) is 56.1 Å². The first-order valence-electron chi connectivity index (χ1n) is 7.06. The van der Waals surface area contributed by atoms with Crippen molar-refractivity contribution in [3.63, 3.8) is 0 Å². The van der Waals surface area contributed by atoms with Crippen LogP contribution in [0.5, 0.6) is 0 Å². The molecule has 21 heavy (non-hydrogen) atoms. The molecule has 1 heterocycles. The Hall–Kier alpha value is -1.92. The van der Waals surface area contributed by atoms with Crippen molar-refractivity contribution in [1.82, 2.24) is 10.2 Å². The van der Waals surface area contributed by atoms with Gasteiger partial charge in [-0.2, -0.15) is 0 Å². The van der Waals surface area contributed by atoms with Crippen LogP contribution in [0.15, 0.2) is 24.3 Å². The predicted octanol–water partition coefficient (Wildman–Crippen LogP) is -0.225. The lowest BCUT2D eigenvalue weighted by Crippen LogP contribution is -2.55. The van der Waals surface area contributed by atoms with E-state index in [1.54, 1.807) is 18.0 Å². The van der Waals surface area contributed by atoms with Crippen molar-refractivity contribution in [2.24, 2.45) is 5.73 Å². The maximum absolute atomic E-state index is 12.6. The number of morpholine rings is 1. The molecule has 0 aromatic heterocycles. The van der Waals surface area contributed by atoms with Gasteiger partial charge in [0, 0.05) is 19.2 Å². The van der Waals surface area contributed by atoms with Crippen molar-refractivity contribution in [3.05, 3.63) is 35.4 Å². The maximum Gasteiger partial charge on any atom is 0.254 e. The molecule has 1 aromatic carbocycles. The average molecular weight is 291 g/mol. The van der Waals surface area contributed by atoms with E-state index >= 15 is 0 Å². The Morgan fingerprint density at radius 3 is 3.00 bits per heavy atom. The molecule has 2 rings (SSSR count). The number of likely N-dealkylation sites (N-methyl/N-ethyl adjacent to an activating group) is 1. The largest absolute Gasteiger partial charge is 0.377 e. The molecule has 0 bridgehead atoms. The van der Waals surface area contributed by atoms with Crippen molar-refractivity contribution in [2.75, 3.05) is 33.4 Å². The van der Waals surface area contributed by atoms with Crippen molar-refractivity contribution in [3.8, 4) is 0 Å². The fourth-order valence-electron chi connectivity index (χ4n) is 2.42. The van der Waals surface area contributed by atoms with Gasteiger partial charge in [-0.25, -0.2) is 0 Å². The Kier molecular flexibility index (Phi) is 5.30. The number of nitrogens with one attached hydrogen (secondary N) is 1. The third-order valence-corrected chi connectivity index (χ3v) is 3.55. The van der Waals surface area contributed by atoms with Crippen LogP contribution >= 0.6 is 0 Å². The minimum Gasteiger partial charge on any atom is -0.377 e. The third-order valence-electron chi connectivity index (χ3n) is 3.55. The number of carbonyl (C=O) groups excluding carboxylic acids is 2. The van der Waals surface area contributed by atoms with Crippen molar-refractivity contribution >= 4 is 11.8 Å². The highest BCUT2D eigenvalue weighted by molar-refractivity contribution is 5.97. The number of carbonyl (C=O) groups is 2. The zero-order valence-corrected chi connectivity index (χ0v) is 12.2. The van der Waals surface area contributed by atoms with E-state index in [9.17, 15) is 9.59 Å². The number of amides is 2. The van der Waals surface area contributed by atoms with Gasteiger partial charge in [-0.3, -0.25) is 9.59 Å². The van der Waals surface area contributed by atoms with Gasteiger partial charge in [0.1, 0.15) is 6.04 Å². The number of nitrogens with zero attached hydrogens (tertiary/aromatic N) is 1. The normalized spacial score (nSPS) is 18.4. The van der Waals surface area contributed by atoms with Crippen LogP contribution in [0.3, 0.4) is 0 Å². The molecule has 0 saturated carbocycles. The summed E-state index contributed by atoms with van der Waals surface area (Å²) in [5, 5.41) is 2.57. The molecule has 0 radical (unpaired) electrons. The van der Waals surface area contributed by atoms with E-state index in [0.29, 0.717) is 25.3 Å². The topological polar surface area (TPSA) is 84.7 Å². The monoisotopic (exact) mass is 291 g/mol. The van der Waals surface area contributed by atoms with Crippen molar-refractivity contribution < 1.29 is 14.3 Å². The van der Waals surface area contributed by atoms with Crippen molar-refractivity contribution in [2.45, 2.75) is 12.5 Å². The van der Waals surface area contributed by atoms with E-state index in [0.717, 1.165) is 12.0 Å². The van der Waals surface area contributed by atoms with E-state index in [2.05, 4.69) is 5.32 Å². The summed E-state index contributed by atoms with van der Waals surface area (Å²) in [6.07, 6.45) is 0.725. The number of nitrogens with two attached hydrogens (primary N) is 1.